The highest BCUT2D eigenvalue weighted by Gasteiger charge is 2.50. The standard InChI is InChI=1S/C55H90O10/c1-5-7-9-11-13-15-17-19-21-23-25-33-39-58-43-50(59-40-34-26-24-22-20-18-16-14-12-10-8-6-2)44-63-55-54(62-42-49-37-31-28-32-38-49)53(64-47(4)57)52(51(65-55)45-60-46(3)56)61-41-48-35-29-27-30-36-48/h27-32,35-38,50-55H,5-26,33-34,39-45H2,1-4H3/t50?,51-,52-,53+,54+,55-/m1/s1. The van der Waals surface area contributed by atoms with Gasteiger partial charge < -0.3 is 37.9 Å². The zero-order valence-corrected chi connectivity index (χ0v) is 41.2. The average molecular weight is 911 g/mol. The van der Waals surface area contributed by atoms with E-state index < -0.39 is 42.6 Å². The number of carbonyl (C=O) groups excluding carboxylic acids is 2. The predicted octanol–water partition coefficient (Wildman–Crippen LogP) is 13.2. The van der Waals surface area contributed by atoms with E-state index in [1.807, 2.05) is 60.7 Å². The van der Waals surface area contributed by atoms with Crippen molar-refractivity contribution < 1.29 is 47.5 Å². The molecule has 0 radical (unpaired) electrons. The van der Waals surface area contributed by atoms with Gasteiger partial charge in [0.2, 0.25) is 0 Å². The molecule has 65 heavy (non-hydrogen) atoms. The van der Waals surface area contributed by atoms with Crippen molar-refractivity contribution in [2.45, 2.75) is 232 Å². The van der Waals surface area contributed by atoms with Gasteiger partial charge in [-0.05, 0) is 24.0 Å². The van der Waals surface area contributed by atoms with Crippen molar-refractivity contribution in [1.29, 1.82) is 0 Å². The van der Waals surface area contributed by atoms with Crippen LogP contribution in [-0.4, -0.2) is 81.8 Å². The second-order valence-electron chi connectivity index (χ2n) is 18.1. The molecule has 0 spiro atoms. The maximum absolute atomic E-state index is 12.8. The van der Waals surface area contributed by atoms with Crippen molar-refractivity contribution in [3.8, 4) is 0 Å². The van der Waals surface area contributed by atoms with Crippen molar-refractivity contribution in [1.82, 2.24) is 0 Å². The normalized spacial score (nSPS) is 19.0. The molecule has 1 fully saturated rings. The van der Waals surface area contributed by atoms with Crippen molar-refractivity contribution in [2.75, 3.05) is 33.0 Å². The van der Waals surface area contributed by atoms with Gasteiger partial charge in [-0.15, -0.1) is 0 Å². The first-order valence-electron chi connectivity index (χ1n) is 26.0. The summed E-state index contributed by atoms with van der Waals surface area (Å²) in [6.45, 7) is 9.37. The van der Waals surface area contributed by atoms with Crippen LogP contribution < -0.4 is 0 Å². The van der Waals surface area contributed by atoms with Gasteiger partial charge in [-0.1, -0.05) is 216 Å². The Bertz CT molecular complexity index is 1410. The molecule has 0 N–H and O–H groups in total. The van der Waals surface area contributed by atoms with Gasteiger partial charge in [0, 0.05) is 27.1 Å². The molecular weight excluding hydrogens is 821 g/mol. The van der Waals surface area contributed by atoms with E-state index in [4.69, 9.17) is 37.9 Å². The molecule has 10 nitrogen and oxygen atoms in total. The largest absolute Gasteiger partial charge is 0.463 e. The summed E-state index contributed by atoms with van der Waals surface area (Å²) in [7, 11) is 0. The zero-order chi connectivity index (χ0) is 46.4. The number of unbranched alkanes of at least 4 members (excludes halogenated alkanes) is 22. The van der Waals surface area contributed by atoms with Crippen molar-refractivity contribution >= 4 is 11.9 Å². The molecule has 0 aliphatic carbocycles. The Hall–Kier alpha value is -2.86. The van der Waals surface area contributed by atoms with Gasteiger partial charge in [-0.3, -0.25) is 9.59 Å². The number of carbonyl (C=O) groups is 2. The summed E-state index contributed by atoms with van der Waals surface area (Å²) in [5.74, 6) is -0.964. The number of benzene rings is 2. The SMILES string of the molecule is CCCCCCCCCCCCCCOCC(CO[C@@H]1O[C@H](COC(C)=O)[C@@H](OCc2ccccc2)[C@H](OC(C)=O)[C@@H]1OCc1ccccc1)OCCCCCCCCCCCCCC. The quantitative estimate of drug-likeness (QED) is 0.0473. The highest BCUT2D eigenvalue weighted by atomic mass is 16.7. The molecule has 2 aromatic carbocycles. The molecule has 0 bridgehead atoms. The van der Waals surface area contributed by atoms with Crippen LogP contribution in [0.2, 0.25) is 0 Å². The second-order valence-corrected chi connectivity index (χ2v) is 18.1. The van der Waals surface area contributed by atoms with Crippen molar-refractivity contribution in [2.24, 2.45) is 0 Å². The van der Waals surface area contributed by atoms with Crippen LogP contribution in [0.5, 0.6) is 0 Å². The molecular formula is C55H90O10. The van der Waals surface area contributed by atoms with E-state index in [1.165, 1.54) is 142 Å². The Balaban J connectivity index is 1.64. The van der Waals surface area contributed by atoms with Crippen LogP contribution in [0.15, 0.2) is 60.7 Å². The third-order valence-electron chi connectivity index (χ3n) is 12.2. The van der Waals surface area contributed by atoms with Crippen LogP contribution in [-0.2, 0) is 60.7 Å². The summed E-state index contributed by atoms with van der Waals surface area (Å²) in [6.07, 6.45) is 26.0. The van der Waals surface area contributed by atoms with Gasteiger partial charge in [0.05, 0.1) is 26.4 Å². The molecule has 1 unspecified atom stereocenters. The second kappa shape index (κ2) is 38.1. The first-order valence-corrected chi connectivity index (χ1v) is 26.0. The Labute approximate surface area is 394 Å². The molecule has 6 atom stereocenters. The summed E-state index contributed by atoms with van der Waals surface area (Å²) in [5.41, 5.74) is 1.86. The van der Waals surface area contributed by atoms with Gasteiger partial charge in [0.1, 0.15) is 31.0 Å². The monoisotopic (exact) mass is 911 g/mol. The van der Waals surface area contributed by atoms with Gasteiger partial charge in [0.25, 0.3) is 0 Å². The Morgan fingerprint density at radius 2 is 0.954 bits per heavy atom. The van der Waals surface area contributed by atoms with E-state index in [0.29, 0.717) is 19.8 Å². The van der Waals surface area contributed by atoms with E-state index in [-0.39, 0.29) is 32.5 Å². The summed E-state index contributed by atoms with van der Waals surface area (Å²) < 4.78 is 50.5. The van der Waals surface area contributed by atoms with E-state index in [1.54, 1.807) is 0 Å². The Morgan fingerprint density at radius 1 is 0.508 bits per heavy atom. The lowest BCUT2D eigenvalue weighted by Gasteiger charge is -2.45. The van der Waals surface area contributed by atoms with Gasteiger partial charge in [-0.25, -0.2) is 0 Å². The fraction of sp³-hybridized carbons (Fsp3) is 0.745. The van der Waals surface area contributed by atoms with Crippen LogP contribution in [0.3, 0.4) is 0 Å². The lowest BCUT2D eigenvalue weighted by molar-refractivity contribution is -0.324. The van der Waals surface area contributed by atoms with E-state index in [0.717, 1.165) is 36.8 Å². The molecule has 370 valence electrons. The maximum atomic E-state index is 12.8. The van der Waals surface area contributed by atoms with Crippen molar-refractivity contribution in [3.63, 3.8) is 0 Å². The molecule has 10 heteroatoms. The van der Waals surface area contributed by atoms with E-state index in [9.17, 15) is 9.59 Å². The lowest BCUT2D eigenvalue weighted by Crippen LogP contribution is -2.62. The number of esters is 2. The molecule has 2 aromatic rings. The predicted molar refractivity (Wildman–Crippen MR) is 260 cm³/mol. The van der Waals surface area contributed by atoms with E-state index >= 15 is 0 Å². The highest BCUT2D eigenvalue weighted by Crippen LogP contribution is 2.31. The molecule has 1 saturated heterocycles. The zero-order valence-electron chi connectivity index (χ0n) is 41.2. The molecule has 3 rings (SSSR count). The molecule has 0 saturated carbocycles. The fourth-order valence-electron chi connectivity index (χ4n) is 8.38. The molecule has 1 aliphatic rings. The smallest absolute Gasteiger partial charge is 0.303 e. The summed E-state index contributed by atoms with van der Waals surface area (Å²) in [4.78, 5) is 24.9. The minimum Gasteiger partial charge on any atom is -0.463 e. The first-order chi connectivity index (χ1) is 31.9. The lowest BCUT2D eigenvalue weighted by atomic mass is 9.98. The third-order valence-corrected chi connectivity index (χ3v) is 12.2. The molecule has 1 heterocycles. The van der Waals surface area contributed by atoms with Gasteiger partial charge in [0.15, 0.2) is 12.4 Å². The number of hydrogen-bond donors (Lipinski definition) is 0. The number of ether oxygens (including phenoxy) is 8. The maximum Gasteiger partial charge on any atom is 0.303 e. The summed E-state index contributed by atoms with van der Waals surface area (Å²) >= 11 is 0. The third kappa shape index (κ3) is 27.5. The number of rotatable bonds is 41. The van der Waals surface area contributed by atoms with Gasteiger partial charge in [-0.2, -0.15) is 0 Å². The van der Waals surface area contributed by atoms with Crippen LogP contribution in [0.4, 0.5) is 0 Å². The first kappa shape index (κ1) is 56.5. The molecule has 0 amide bonds. The van der Waals surface area contributed by atoms with Crippen LogP contribution in [0.1, 0.15) is 193 Å². The molecule has 0 aromatic heterocycles. The minimum atomic E-state index is -1.01. The minimum absolute atomic E-state index is 0.126. The Morgan fingerprint density at radius 3 is 1.42 bits per heavy atom. The Kier molecular flexibility index (Phi) is 33.1. The number of hydrogen-bond acceptors (Lipinski definition) is 10. The van der Waals surface area contributed by atoms with Crippen LogP contribution in [0, 0.1) is 0 Å². The summed E-state index contributed by atoms with van der Waals surface area (Å²) in [5, 5.41) is 0. The van der Waals surface area contributed by atoms with E-state index in [2.05, 4.69) is 13.8 Å². The molecule has 1 aliphatic heterocycles. The van der Waals surface area contributed by atoms with Crippen LogP contribution in [0.25, 0.3) is 0 Å². The summed E-state index contributed by atoms with van der Waals surface area (Å²) in [6, 6.07) is 19.5. The average Bonchev–Trinajstić information content (AvgIpc) is 3.31. The topological polar surface area (TPSA) is 108 Å². The van der Waals surface area contributed by atoms with Crippen LogP contribution >= 0.6 is 0 Å². The van der Waals surface area contributed by atoms with Gasteiger partial charge >= 0.3 is 11.9 Å². The van der Waals surface area contributed by atoms with Crippen molar-refractivity contribution in [3.05, 3.63) is 71.8 Å². The fourth-order valence-corrected chi connectivity index (χ4v) is 8.38. The highest BCUT2D eigenvalue weighted by molar-refractivity contribution is 5.66.